The van der Waals surface area contributed by atoms with Gasteiger partial charge in [-0.05, 0) is 62.8 Å². The van der Waals surface area contributed by atoms with E-state index < -0.39 is 0 Å². The second-order valence-electron chi connectivity index (χ2n) is 10.2. The van der Waals surface area contributed by atoms with Gasteiger partial charge in [0.15, 0.2) is 0 Å². The first-order valence-electron chi connectivity index (χ1n) is 12.1. The Morgan fingerprint density at radius 1 is 0.613 bits per heavy atom. The summed E-state index contributed by atoms with van der Waals surface area (Å²) in [5, 5.41) is 6.95. The predicted octanol–water partition coefficient (Wildman–Crippen LogP) is 7.88. The summed E-state index contributed by atoms with van der Waals surface area (Å²) in [7, 11) is 0. The zero-order chi connectivity index (χ0) is 21.6. The summed E-state index contributed by atoms with van der Waals surface area (Å²) in [6.07, 6.45) is 11.8. The molecule has 2 aromatic rings. The van der Waals surface area contributed by atoms with Gasteiger partial charge in [-0.3, -0.25) is 0 Å². The smallest absolute Gasteiger partial charge is 0.0424 e. The fraction of sp³-hybridized carbons (Fsp3) is 0.448. The maximum absolute atomic E-state index is 4.26. The van der Waals surface area contributed by atoms with Crippen molar-refractivity contribution in [2.24, 2.45) is 0 Å². The molecular formula is C29H36N2. The van der Waals surface area contributed by atoms with Crippen LogP contribution in [0.1, 0.15) is 80.0 Å². The van der Waals surface area contributed by atoms with Crippen LogP contribution in [-0.4, -0.2) is 0 Å². The zero-order valence-corrected chi connectivity index (χ0v) is 19.2. The number of aryl methyl sites for hydroxylation is 2. The lowest BCUT2D eigenvalue weighted by atomic mass is 9.69. The van der Waals surface area contributed by atoms with E-state index in [4.69, 9.17) is 0 Å². The van der Waals surface area contributed by atoms with E-state index in [1.807, 2.05) is 0 Å². The molecule has 2 aromatic carbocycles. The van der Waals surface area contributed by atoms with Crippen LogP contribution in [0.25, 0.3) is 0 Å². The van der Waals surface area contributed by atoms with E-state index in [1.165, 1.54) is 103 Å². The maximum Gasteiger partial charge on any atom is 0.0424 e. The van der Waals surface area contributed by atoms with Gasteiger partial charge in [-0.1, -0.05) is 80.7 Å². The van der Waals surface area contributed by atoms with Crippen molar-refractivity contribution in [2.75, 3.05) is 10.6 Å². The van der Waals surface area contributed by atoms with Gasteiger partial charge >= 0.3 is 0 Å². The van der Waals surface area contributed by atoms with Crippen molar-refractivity contribution in [3.63, 3.8) is 0 Å². The Kier molecular flexibility index (Phi) is 5.00. The fourth-order valence-electron chi connectivity index (χ4n) is 6.49. The van der Waals surface area contributed by atoms with Crippen LogP contribution in [0.4, 0.5) is 11.4 Å². The van der Waals surface area contributed by atoms with Crippen LogP contribution in [0.5, 0.6) is 0 Å². The minimum Gasteiger partial charge on any atom is -0.358 e. The van der Waals surface area contributed by atoms with E-state index in [0.29, 0.717) is 0 Å². The molecule has 0 saturated heterocycles. The van der Waals surface area contributed by atoms with E-state index in [0.717, 1.165) is 0 Å². The van der Waals surface area contributed by atoms with Crippen molar-refractivity contribution in [1.29, 1.82) is 0 Å². The van der Waals surface area contributed by atoms with Gasteiger partial charge in [-0.15, -0.1) is 0 Å². The van der Waals surface area contributed by atoms with E-state index >= 15 is 0 Å². The van der Waals surface area contributed by atoms with Crippen LogP contribution >= 0.6 is 0 Å². The van der Waals surface area contributed by atoms with Gasteiger partial charge in [0.2, 0.25) is 0 Å². The Hall–Kier alpha value is -2.48. The molecule has 0 unspecified atom stereocenters. The molecule has 0 atom stereocenters. The molecule has 0 amide bonds. The van der Waals surface area contributed by atoms with E-state index in [9.17, 15) is 0 Å². The van der Waals surface area contributed by atoms with E-state index in [2.05, 4.69) is 74.0 Å². The number of fused-ring (bicyclic) bond motifs is 4. The normalized spacial score (nSPS) is 21.9. The Morgan fingerprint density at radius 2 is 1.00 bits per heavy atom. The molecule has 2 nitrogen and oxygen atoms in total. The van der Waals surface area contributed by atoms with Crippen LogP contribution in [0.15, 0.2) is 61.0 Å². The van der Waals surface area contributed by atoms with Gasteiger partial charge in [-0.25, -0.2) is 0 Å². The summed E-state index contributed by atoms with van der Waals surface area (Å²) >= 11 is 0. The van der Waals surface area contributed by atoms with Crippen molar-refractivity contribution in [3.05, 3.63) is 83.2 Å². The topological polar surface area (TPSA) is 24.1 Å². The van der Waals surface area contributed by atoms with E-state index in [-0.39, 0.29) is 10.8 Å². The Labute approximate surface area is 187 Å². The lowest BCUT2D eigenvalue weighted by Gasteiger charge is -2.34. The summed E-state index contributed by atoms with van der Waals surface area (Å²) in [4.78, 5) is 0. The monoisotopic (exact) mass is 412 g/mol. The average Bonchev–Trinajstić information content (AvgIpc) is 3.43. The molecule has 2 fully saturated rings. The first kappa shape index (κ1) is 20.4. The third-order valence-corrected chi connectivity index (χ3v) is 8.27. The highest BCUT2D eigenvalue weighted by Gasteiger charge is 2.44. The number of hydrogen-bond acceptors (Lipinski definition) is 2. The largest absolute Gasteiger partial charge is 0.358 e. The van der Waals surface area contributed by atoms with Crippen LogP contribution in [0, 0.1) is 13.8 Å². The summed E-state index contributed by atoms with van der Waals surface area (Å²) < 4.78 is 0. The Morgan fingerprint density at radius 3 is 1.42 bits per heavy atom. The molecule has 2 aliphatic heterocycles. The van der Waals surface area contributed by atoms with E-state index in [1.54, 1.807) is 0 Å². The molecular weight excluding hydrogens is 376 g/mol. The predicted molar refractivity (Wildman–Crippen MR) is 133 cm³/mol. The molecule has 2 spiro atoms. The van der Waals surface area contributed by atoms with Gasteiger partial charge in [0.25, 0.3) is 0 Å². The fourth-order valence-corrected chi connectivity index (χ4v) is 6.49. The van der Waals surface area contributed by atoms with Crippen LogP contribution < -0.4 is 10.6 Å². The van der Waals surface area contributed by atoms with Crippen LogP contribution in [0.3, 0.4) is 0 Å². The quantitative estimate of drug-likeness (QED) is 0.460. The van der Waals surface area contributed by atoms with Crippen molar-refractivity contribution in [3.8, 4) is 0 Å². The summed E-state index contributed by atoms with van der Waals surface area (Å²) in [6, 6.07) is 13.5. The summed E-state index contributed by atoms with van der Waals surface area (Å²) in [5.41, 5.74) is 11.2. The lowest BCUT2D eigenvalue weighted by molar-refractivity contribution is 0.351. The van der Waals surface area contributed by atoms with Crippen LogP contribution in [-0.2, 0) is 10.8 Å². The number of anilines is 2. The highest BCUT2D eigenvalue weighted by Crippen LogP contribution is 2.53. The van der Waals surface area contributed by atoms with Crippen LogP contribution in [0.2, 0.25) is 0 Å². The number of allylic oxidation sites excluding steroid dienone is 2. The Balaban J connectivity index is 0.000000132. The molecule has 31 heavy (non-hydrogen) atoms. The second kappa shape index (κ2) is 7.58. The van der Waals surface area contributed by atoms with Crippen molar-refractivity contribution >= 4 is 11.4 Å². The minimum atomic E-state index is 0.250. The second-order valence-corrected chi connectivity index (χ2v) is 10.2. The standard InChI is InChI=1S/C15H19N.C14H17N/c1-11-6-7-14-13(10-11)15(12(2)16-14)8-4-3-5-9-15;1-10-5-6-13-12(9-10)14(11(2)15-13)7-3-4-8-14/h6-7,10,16H,2-5,8-9H2,1H3;5-6,9,15H,2-4,7-8H2,1H3. The SMILES string of the molecule is C=C1Nc2ccc(C)cc2C12CCCC2.C=C1Nc2ccc(C)cc2C12CCCCC2. The molecule has 6 rings (SSSR count). The first-order valence-corrected chi connectivity index (χ1v) is 12.1. The van der Waals surface area contributed by atoms with Gasteiger partial charge < -0.3 is 10.6 Å². The minimum absolute atomic E-state index is 0.250. The summed E-state index contributed by atoms with van der Waals surface area (Å²) in [6.45, 7) is 12.8. The molecule has 2 N–H and O–H groups in total. The molecule has 2 aliphatic carbocycles. The molecule has 4 aliphatic rings. The Bertz CT molecular complexity index is 1030. The van der Waals surface area contributed by atoms with Crippen molar-refractivity contribution in [2.45, 2.75) is 82.5 Å². The molecule has 0 bridgehead atoms. The molecule has 2 saturated carbocycles. The van der Waals surface area contributed by atoms with Gasteiger partial charge in [-0.2, -0.15) is 0 Å². The molecule has 2 heterocycles. The zero-order valence-electron chi connectivity index (χ0n) is 19.2. The van der Waals surface area contributed by atoms with Gasteiger partial charge in [0, 0.05) is 33.6 Å². The van der Waals surface area contributed by atoms with Crippen molar-refractivity contribution < 1.29 is 0 Å². The lowest BCUT2D eigenvalue weighted by Crippen LogP contribution is -2.28. The first-order chi connectivity index (χ1) is 14.9. The summed E-state index contributed by atoms with van der Waals surface area (Å²) in [5.74, 6) is 0. The average molecular weight is 413 g/mol. The molecule has 0 radical (unpaired) electrons. The van der Waals surface area contributed by atoms with Crippen molar-refractivity contribution in [1.82, 2.24) is 0 Å². The highest BCUT2D eigenvalue weighted by atomic mass is 15.0. The number of nitrogens with one attached hydrogen (secondary N) is 2. The highest BCUT2D eigenvalue weighted by molar-refractivity contribution is 5.69. The number of benzene rings is 2. The number of hydrogen-bond donors (Lipinski definition) is 2. The molecule has 162 valence electrons. The third kappa shape index (κ3) is 3.23. The maximum atomic E-state index is 4.26. The van der Waals surface area contributed by atoms with Gasteiger partial charge in [0.05, 0.1) is 0 Å². The van der Waals surface area contributed by atoms with Gasteiger partial charge in [0.1, 0.15) is 0 Å². The molecule has 0 aromatic heterocycles. The number of rotatable bonds is 0. The third-order valence-electron chi connectivity index (χ3n) is 8.27. The molecule has 2 heteroatoms.